The van der Waals surface area contributed by atoms with E-state index in [4.69, 9.17) is 5.11 Å². The van der Waals surface area contributed by atoms with Crippen molar-refractivity contribution in [1.82, 2.24) is 0 Å². The van der Waals surface area contributed by atoms with Crippen LogP contribution in [-0.2, 0) is 0 Å². The predicted octanol–water partition coefficient (Wildman–Crippen LogP) is 3.07. The van der Waals surface area contributed by atoms with Crippen LogP contribution in [0.25, 0.3) is 11.1 Å². The quantitative estimate of drug-likeness (QED) is 0.830. The van der Waals surface area contributed by atoms with Crippen LogP contribution in [-0.4, -0.2) is 16.2 Å². The molecule has 0 amide bonds. The molecule has 0 aliphatic carbocycles. The van der Waals surface area contributed by atoms with Gasteiger partial charge >= 0.3 is 5.97 Å². The molecule has 0 unspecified atom stereocenters. The van der Waals surface area contributed by atoms with E-state index >= 15 is 0 Å². The first-order valence-electron chi connectivity index (χ1n) is 5.22. The summed E-state index contributed by atoms with van der Waals surface area (Å²) in [6, 6.07) is 11.9. The number of carboxylic acids is 1. The molecule has 2 rings (SSSR count). The highest BCUT2D eigenvalue weighted by Gasteiger charge is 2.09. The number of benzene rings is 2. The molecule has 0 aliphatic rings. The molecule has 0 saturated carbocycles. The molecule has 3 nitrogen and oxygen atoms in total. The van der Waals surface area contributed by atoms with Crippen molar-refractivity contribution in [1.29, 1.82) is 0 Å². The Hall–Kier alpha value is -2.29. The van der Waals surface area contributed by atoms with E-state index in [-0.39, 0.29) is 11.3 Å². The van der Waals surface area contributed by atoms with Gasteiger partial charge in [-0.05, 0) is 36.2 Å². The average molecular weight is 228 g/mol. The number of aromatic carboxylic acids is 1. The second-order valence-corrected chi connectivity index (χ2v) is 3.85. The zero-order valence-corrected chi connectivity index (χ0v) is 9.34. The van der Waals surface area contributed by atoms with Crippen LogP contribution in [0.3, 0.4) is 0 Å². The van der Waals surface area contributed by atoms with Crippen molar-refractivity contribution >= 4 is 5.97 Å². The third-order valence-electron chi connectivity index (χ3n) is 2.67. The molecule has 17 heavy (non-hydrogen) atoms. The van der Waals surface area contributed by atoms with E-state index in [1.165, 1.54) is 6.07 Å². The summed E-state index contributed by atoms with van der Waals surface area (Å²) in [5.74, 6) is -0.754. The fourth-order valence-electron chi connectivity index (χ4n) is 1.80. The molecule has 0 bridgehead atoms. The summed E-state index contributed by atoms with van der Waals surface area (Å²) in [6.07, 6.45) is 0. The van der Waals surface area contributed by atoms with Crippen molar-refractivity contribution in [3.63, 3.8) is 0 Å². The first-order chi connectivity index (χ1) is 8.09. The monoisotopic (exact) mass is 228 g/mol. The highest BCUT2D eigenvalue weighted by molar-refractivity contribution is 5.89. The van der Waals surface area contributed by atoms with Gasteiger partial charge in [-0.25, -0.2) is 4.79 Å². The Labute approximate surface area is 99.0 Å². The van der Waals surface area contributed by atoms with Gasteiger partial charge in [-0.2, -0.15) is 0 Å². The molecule has 0 atom stereocenters. The minimum atomic E-state index is -0.947. The molecule has 0 heterocycles. The molecule has 0 spiro atoms. The van der Waals surface area contributed by atoms with Gasteiger partial charge in [-0.3, -0.25) is 0 Å². The van der Waals surface area contributed by atoms with E-state index in [0.717, 1.165) is 11.1 Å². The number of hydrogen-bond acceptors (Lipinski definition) is 2. The number of aromatic hydroxyl groups is 1. The Morgan fingerprint density at radius 1 is 1.06 bits per heavy atom. The lowest BCUT2D eigenvalue weighted by atomic mass is 9.98. The van der Waals surface area contributed by atoms with Crippen molar-refractivity contribution in [2.45, 2.75) is 6.92 Å². The number of aryl methyl sites for hydroxylation is 1. The molecule has 0 aliphatic heterocycles. The lowest BCUT2D eigenvalue weighted by Crippen LogP contribution is -1.97. The second kappa shape index (κ2) is 4.29. The fraction of sp³-hybridized carbons (Fsp3) is 0.0714. The molecule has 0 saturated heterocycles. The van der Waals surface area contributed by atoms with Gasteiger partial charge in [-0.15, -0.1) is 0 Å². The van der Waals surface area contributed by atoms with Crippen LogP contribution in [0.4, 0.5) is 0 Å². The number of hydrogen-bond donors (Lipinski definition) is 2. The second-order valence-electron chi connectivity index (χ2n) is 3.85. The van der Waals surface area contributed by atoms with Gasteiger partial charge < -0.3 is 10.2 Å². The molecule has 86 valence electrons. The zero-order chi connectivity index (χ0) is 12.4. The lowest BCUT2D eigenvalue weighted by Gasteiger charge is -2.08. The standard InChI is InChI=1S/C14H12O3/c1-9-8-10(14(16)17)6-7-11(9)12-4-2-3-5-13(12)15/h2-8,15H,1H3,(H,16,17). The van der Waals surface area contributed by atoms with Crippen LogP contribution < -0.4 is 0 Å². The normalized spacial score (nSPS) is 10.2. The molecule has 0 aromatic heterocycles. The predicted molar refractivity (Wildman–Crippen MR) is 65.2 cm³/mol. The van der Waals surface area contributed by atoms with E-state index in [2.05, 4.69) is 0 Å². The summed E-state index contributed by atoms with van der Waals surface area (Å²) in [6.45, 7) is 1.83. The van der Waals surface area contributed by atoms with Crippen molar-refractivity contribution < 1.29 is 15.0 Å². The molecule has 2 aromatic carbocycles. The summed E-state index contributed by atoms with van der Waals surface area (Å²) >= 11 is 0. The van der Waals surface area contributed by atoms with Crippen molar-refractivity contribution in [3.05, 3.63) is 53.6 Å². The van der Waals surface area contributed by atoms with Crippen molar-refractivity contribution in [3.8, 4) is 16.9 Å². The maximum Gasteiger partial charge on any atom is 0.335 e. The molecular weight excluding hydrogens is 216 g/mol. The maximum atomic E-state index is 10.8. The number of phenolic OH excluding ortho intramolecular Hbond substituents is 1. The van der Waals surface area contributed by atoms with Crippen LogP contribution in [0, 0.1) is 6.92 Å². The van der Waals surface area contributed by atoms with E-state index in [1.807, 2.05) is 13.0 Å². The Morgan fingerprint density at radius 3 is 2.35 bits per heavy atom. The molecule has 0 radical (unpaired) electrons. The summed E-state index contributed by atoms with van der Waals surface area (Å²) in [5, 5.41) is 18.6. The third-order valence-corrected chi connectivity index (χ3v) is 2.67. The Kier molecular flexibility index (Phi) is 2.83. The summed E-state index contributed by atoms with van der Waals surface area (Å²) < 4.78 is 0. The van der Waals surface area contributed by atoms with Gasteiger partial charge in [0.25, 0.3) is 0 Å². The molecule has 2 N–H and O–H groups in total. The van der Waals surface area contributed by atoms with Gasteiger partial charge in [0.15, 0.2) is 0 Å². The van der Waals surface area contributed by atoms with Crippen LogP contribution in [0.15, 0.2) is 42.5 Å². The summed E-state index contributed by atoms with van der Waals surface area (Å²) in [5.41, 5.74) is 2.63. The van der Waals surface area contributed by atoms with Gasteiger partial charge in [0, 0.05) is 5.56 Å². The third kappa shape index (κ3) is 2.13. The van der Waals surface area contributed by atoms with E-state index < -0.39 is 5.97 Å². The number of carboxylic acid groups (broad SMARTS) is 1. The smallest absolute Gasteiger partial charge is 0.335 e. The Bertz CT molecular complexity index is 573. The van der Waals surface area contributed by atoms with Crippen LogP contribution >= 0.6 is 0 Å². The van der Waals surface area contributed by atoms with Crippen molar-refractivity contribution in [2.75, 3.05) is 0 Å². The fourth-order valence-corrected chi connectivity index (χ4v) is 1.80. The van der Waals surface area contributed by atoms with Gasteiger partial charge in [-0.1, -0.05) is 24.3 Å². The first kappa shape index (κ1) is 11.2. The number of rotatable bonds is 2. The number of para-hydroxylation sites is 1. The van der Waals surface area contributed by atoms with Crippen LogP contribution in [0.1, 0.15) is 15.9 Å². The molecule has 3 heteroatoms. The summed E-state index contributed by atoms with van der Waals surface area (Å²) in [7, 11) is 0. The maximum absolute atomic E-state index is 10.8. The highest BCUT2D eigenvalue weighted by atomic mass is 16.4. The molecule has 0 fully saturated rings. The van der Waals surface area contributed by atoms with E-state index in [1.54, 1.807) is 30.3 Å². The first-order valence-corrected chi connectivity index (χ1v) is 5.22. The molecule has 2 aromatic rings. The van der Waals surface area contributed by atoms with Crippen LogP contribution in [0.5, 0.6) is 5.75 Å². The molecular formula is C14H12O3. The Morgan fingerprint density at radius 2 is 1.76 bits per heavy atom. The van der Waals surface area contributed by atoms with Crippen LogP contribution in [0.2, 0.25) is 0 Å². The zero-order valence-electron chi connectivity index (χ0n) is 9.34. The minimum absolute atomic E-state index is 0.193. The number of carbonyl (C=O) groups is 1. The SMILES string of the molecule is Cc1cc(C(=O)O)ccc1-c1ccccc1O. The lowest BCUT2D eigenvalue weighted by molar-refractivity contribution is 0.0697. The topological polar surface area (TPSA) is 57.5 Å². The Balaban J connectivity index is 2.55. The van der Waals surface area contributed by atoms with Gasteiger partial charge in [0.05, 0.1) is 5.56 Å². The summed E-state index contributed by atoms with van der Waals surface area (Å²) in [4.78, 5) is 10.8. The van der Waals surface area contributed by atoms with Gasteiger partial charge in [0.2, 0.25) is 0 Å². The van der Waals surface area contributed by atoms with Crippen molar-refractivity contribution in [2.24, 2.45) is 0 Å². The van der Waals surface area contributed by atoms with E-state index in [0.29, 0.717) is 5.56 Å². The minimum Gasteiger partial charge on any atom is -0.507 e. The number of phenols is 1. The van der Waals surface area contributed by atoms with E-state index in [9.17, 15) is 9.90 Å². The largest absolute Gasteiger partial charge is 0.507 e. The highest BCUT2D eigenvalue weighted by Crippen LogP contribution is 2.31. The van der Waals surface area contributed by atoms with Gasteiger partial charge in [0.1, 0.15) is 5.75 Å². The average Bonchev–Trinajstić information content (AvgIpc) is 2.30.